The molecular formula is C18H25F3N2O. The normalized spacial score (nSPS) is 22.7. The molecule has 1 aromatic rings. The van der Waals surface area contributed by atoms with Crippen LogP contribution in [0.4, 0.5) is 13.2 Å². The van der Waals surface area contributed by atoms with Gasteiger partial charge in [0.1, 0.15) is 0 Å². The standard InChI is InChI=1S/C18H25F3N2O/c1-13(23-8-10-24-11-9-23)14-4-6-22(7-5-14)12-15-2-3-16(19)18(21)17(15)20/h2-3,13-14H,4-12H2,1H3/t13-/m0/s1. The van der Waals surface area contributed by atoms with E-state index in [4.69, 9.17) is 4.74 Å². The lowest BCUT2D eigenvalue weighted by Gasteiger charge is -2.41. The molecule has 0 saturated carbocycles. The zero-order valence-electron chi connectivity index (χ0n) is 14.1. The molecule has 3 nitrogen and oxygen atoms in total. The largest absolute Gasteiger partial charge is 0.379 e. The molecule has 3 rings (SSSR count). The van der Waals surface area contributed by atoms with Crippen LogP contribution >= 0.6 is 0 Å². The third-order valence-electron chi connectivity index (χ3n) is 5.45. The molecule has 1 atom stereocenters. The maximum atomic E-state index is 13.8. The smallest absolute Gasteiger partial charge is 0.194 e. The Bertz CT molecular complexity index is 555. The number of hydrogen-bond donors (Lipinski definition) is 0. The highest BCUT2D eigenvalue weighted by Gasteiger charge is 2.29. The van der Waals surface area contributed by atoms with E-state index < -0.39 is 17.5 Å². The fourth-order valence-corrected chi connectivity index (χ4v) is 3.81. The third kappa shape index (κ3) is 3.92. The van der Waals surface area contributed by atoms with Crippen molar-refractivity contribution in [3.05, 3.63) is 35.1 Å². The molecule has 0 aromatic heterocycles. The summed E-state index contributed by atoms with van der Waals surface area (Å²) in [5, 5.41) is 0. The number of likely N-dealkylation sites (tertiary alicyclic amines) is 1. The summed E-state index contributed by atoms with van der Waals surface area (Å²) in [7, 11) is 0. The van der Waals surface area contributed by atoms with E-state index in [0.29, 0.717) is 18.5 Å². The Labute approximate surface area is 141 Å². The van der Waals surface area contributed by atoms with Crippen LogP contribution in [0.25, 0.3) is 0 Å². The van der Waals surface area contributed by atoms with Gasteiger partial charge in [0.15, 0.2) is 17.5 Å². The molecule has 0 spiro atoms. The van der Waals surface area contributed by atoms with Crippen LogP contribution in [0, 0.1) is 23.4 Å². The SMILES string of the molecule is C[C@@H](C1CCN(Cc2ccc(F)c(F)c2F)CC1)N1CCOCC1. The van der Waals surface area contributed by atoms with Crippen molar-refractivity contribution in [2.24, 2.45) is 5.92 Å². The minimum atomic E-state index is -1.37. The molecule has 0 unspecified atom stereocenters. The molecule has 0 radical (unpaired) electrons. The molecular weight excluding hydrogens is 317 g/mol. The Morgan fingerprint density at radius 1 is 1.04 bits per heavy atom. The van der Waals surface area contributed by atoms with Gasteiger partial charge in [-0.3, -0.25) is 9.80 Å². The second-order valence-corrected chi connectivity index (χ2v) is 6.84. The van der Waals surface area contributed by atoms with Gasteiger partial charge < -0.3 is 4.74 Å². The van der Waals surface area contributed by atoms with Crippen molar-refractivity contribution < 1.29 is 17.9 Å². The highest BCUT2D eigenvalue weighted by Crippen LogP contribution is 2.26. The molecule has 0 bridgehead atoms. The predicted octanol–water partition coefficient (Wildman–Crippen LogP) is 3.04. The van der Waals surface area contributed by atoms with Crippen LogP contribution in [0.1, 0.15) is 25.3 Å². The average Bonchev–Trinajstić information content (AvgIpc) is 2.63. The summed E-state index contributed by atoms with van der Waals surface area (Å²) < 4.78 is 45.6. The molecule has 134 valence electrons. The Balaban J connectivity index is 1.53. The number of hydrogen-bond acceptors (Lipinski definition) is 3. The second-order valence-electron chi connectivity index (χ2n) is 6.84. The van der Waals surface area contributed by atoms with E-state index in [0.717, 1.165) is 58.3 Å². The van der Waals surface area contributed by atoms with Crippen molar-refractivity contribution in [1.82, 2.24) is 9.80 Å². The lowest BCUT2D eigenvalue weighted by molar-refractivity contribution is -0.00197. The van der Waals surface area contributed by atoms with Crippen LogP contribution in [0.3, 0.4) is 0 Å². The quantitative estimate of drug-likeness (QED) is 0.783. The van der Waals surface area contributed by atoms with Gasteiger partial charge in [0, 0.05) is 31.2 Å². The minimum Gasteiger partial charge on any atom is -0.379 e. The minimum absolute atomic E-state index is 0.230. The fourth-order valence-electron chi connectivity index (χ4n) is 3.81. The van der Waals surface area contributed by atoms with Crippen LogP contribution in [-0.2, 0) is 11.3 Å². The summed E-state index contributed by atoms with van der Waals surface area (Å²) in [5.74, 6) is -2.94. The van der Waals surface area contributed by atoms with E-state index in [1.807, 2.05) is 0 Å². The van der Waals surface area contributed by atoms with E-state index in [1.165, 1.54) is 6.07 Å². The van der Waals surface area contributed by atoms with Crippen molar-refractivity contribution in [3.63, 3.8) is 0 Å². The fraction of sp³-hybridized carbons (Fsp3) is 0.667. The van der Waals surface area contributed by atoms with E-state index in [2.05, 4.69) is 16.7 Å². The van der Waals surface area contributed by atoms with Gasteiger partial charge >= 0.3 is 0 Å². The molecule has 24 heavy (non-hydrogen) atoms. The summed E-state index contributed by atoms with van der Waals surface area (Å²) in [6, 6.07) is 2.87. The second kappa shape index (κ2) is 7.85. The highest BCUT2D eigenvalue weighted by atomic mass is 19.2. The van der Waals surface area contributed by atoms with E-state index in [-0.39, 0.29) is 5.56 Å². The molecule has 6 heteroatoms. The van der Waals surface area contributed by atoms with Crippen molar-refractivity contribution in [3.8, 4) is 0 Å². The van der Waals surface area contributed by atoms with Gasteiger partial charge in [-0.1, -0.05) is 6.07 Å². The van der Waals surface area contributed by atoms with Crippen molar-refractivity contribution in [2.75, 3.05) is 39.4 Å². The number of halogens is 3. The first kappa shape index (κ1) is 17.7. The zero-order valence-corrected chi connectivity index (χ0v) is 14.1. The highest BCUT2D eigenvalue weighted by molar-refractivity contribution is 5.20. The van der Waals surface area contributed by atoms with Crippen molar-refractivity contribution in [1.29, 1.82) is 0 Å². The molecule has 2 heterocycles. The first-order valence-electron chi connectivity index (χ1n) is 8.73. The number of rotatable bonds is 4. The average molecular weight is 342 g/mol. The monoisotopic (exact) mass is 342 g/mol. The Morgan fingerprint density at radius 2 is 1.71 bits per heavy atom. The Morgan fingerprint density at radius 3 is 2.38 bits per heavy atom. The van der Waals surface area contributed by atoms with Crippen molar-refractivity contribution >= 4 is 0 Å². The summed E-state index contributed by atoms with van der Waals surface area (Å²) in [6.45, 7) is 7.91. The van der Waals surface area contributed by atoms with Crippen LogP contribution < -0.4 is 0 Å². The molecule has 2 aliphatic heterocycles. The van der Waals surface area contributed by atoms with E-state index >= 15 is 0 Å². The lowest BCUT2D eigenvalue weighted by atomic mass is 9.89. The predicted molar refractivity (Wildman–Crippen MR) is 86.2 cm³/mol. The van der Waals surface area contributed by atoms with Gasteiger partial charge in [-0.25, -0.2) is 13.2 Å². The number of morpholine rings is 1. The summed E-state index contributed by atoms with van der Waals surface area (Å²) in [5.41, 5.74) is 0.230. The maximum Gasteiger partial charge on any atom is 0.194 e. The topological polar surface area (TPSA) is 15.7 Å². The van der Waals surface area contributed by atoms with Crippen LogP contribution in [-0.4, -0.2) is 55.2 Å². The molecule has 2 fully saturated rings. The molecule has 2 saturated heterocycles. The first-order valence-corrected chi connectivity index (χ1v) is 8.73. The Hall–Kier alpha value is -1.11. The number of benzene rings is 1. The molecule has 0 amide bonds. The maximum absolute atomic E-state index is 13.8. The van der Waals surface area contributed by atoms with Crippen LogP contribution in [0.2, 0.25) is 0 Å². The molecule has 2 aliphatic rings. The van der Waals surface area contributed by atoms with Gasteiger partial charge in [0.2, 0.25) is 0 Å². The van der Waals surface area contributed by atoms with Crippen LogP contribution in [0.15, 0.2) is 12.1 Å². The zero-order chi connectivity index (χ0) is 17.1. The molecule has 1 aromatic carbocycles. The van der Waals surface area contributed by atoms with Gasteiger partial charge in [-0.05, 0) is 44.8 Å². The lowest BCUT2D eigenvalue weighted by Crippen LogP contribution is -2.48. The summed E-state index contributed by atoms with van der Waals surface area (Å²) in [4.78, 5) is 4.61. The molecule has 0 N–H and O–H groups in total. The third-order valence-corrected chi connectivity index (χ3v) is 5.45. The van der Waals surface area contributed by atoms with Crippen molar-refractivity contribution in [2.45, 2.75) is 32.4 Å². The number of piperidine rings is 1. The summed E-state index contributed by atoms with van der Waals surface area (Å²) in [6.07, 6.45) is 2.09. The number of nitrogens with zero attached hydrogens (tertiary/aromatic N) is 2. The summed E-state index contributed by atoms with van der Waals surface area (Å²) >= 11 is 0. The van der Waals surface area contributed by atoms with Gasteiger partial charge in [0.05, 0.1) is 13.2 Å². The molecule has 0 aliphatic carbocycles. The van der Waals surface area contributed by atoms with E-state index in [9.17, 15) is 13.2 Å². The van der Waals surface area contributed by atoms with Gasteiger partial charge in [-0.15, -0.1) is 0 Å². The van der Waals surface area contributed by atoms with Gasteiger partial charge in [0.25, 0.3) is 0 Å². The van der Waals surface area contributed by atoms with E-state index in [1.54, 1.807) is 0 Å². The van der Waals surface area contributed by atoms with Gasteiger partial charge in [-0.2, -0.15) is 0 Å². The van der Waals surface area contributed by atoms with Crippen LogP contribution in [0.5, 0.6) is 0 Å². The number of ether oxygens (including phenoxy) is 1. The Kier molecular flexibility index (Phi) is 5.79. The first-order chi connectivity index (χ1) is 11.6.